The maximum absolute atomic E-state index is 12.7. The van der Waals surface area contributed by atoms with Crippen molar-refractivity contribution in [3.05, 3.63) is 28.8 Å². The fraction of sp³-hybridized carbons (Fsp3) is 0.400. The van der Waals surface area contributed by atoms with Gasteiger partial charge in [-0.1, -0.05) is 11.6 Å². The summed E-state index contributed by atoms with van der Waals surface area (Å²) >= 11 is 7.35. The predicted octanol–water partition coefficient (Wildman–Crippen LogP) is 1.35. The molecular formula is C15H16ClN3O3S. The molecule has 8 heteroatoms. The molecule has 23 heavy (non-hydrogen) atoms. The molecular weight excluding hydrogens is 338 g/mol. The number of benzene rings is 1. The number of rotatable bonds is 3. The Hall–Kier alpha value is -1.73. The molecule has 0 aromatic heterocycles. The van der Waals surface area contributed by atoms with E-state index in [1.165, 1.54) is 16.7 Å². The number of halogens is 1. The summed E-state index contributed by atoms with van der Waals surface area (Å²) in [6.07, 6.45) is 2.40. The molecule has 0 spiro atoms. The Balaban J connectivity index is 1.88. The van der Waals surface area contributed by atoms with Crippen LogP contribution in [0.2, 0.25) is 5.02 Å². The molecule has 6 nitrogen and oxygen atoms in total. The third kappa shape index (κ3) is 3.03. The molecule has 2 aliphatic heterocycles. The highest BCUT2D eigenvalue weighted by atomic mass is 35.5. The minimum Gasteiger partial charge on any atom is -0.350 e. The van der Waals surface area contributed by atoms with Crippen LogP contribution in [0.1, 0.15) is 16.8 Å². The molecule has 2 atom stereocenters. The number of carbonyl (C=O) groups excluding carboxylic acids is 3. The van der Waals surface area contributed by atoms with Gasteiger partial charge in [-0.3, -0.25) is 14.4 Å². The number of carbonyl (C=O) groups is 3. The summed E-state index contributed by atoms with van der Waals surface area (Å²) in [6, 6.07) is 3.74. The van der Waals surface area contributed by atoms with Crippen LogP contribution >= 0.6 is 23.4 Å². The van der Waals surface area contributed by atoms with Gasteiger partial charge in [-0.2, -0.15) is 11.8 Å². The fourth-order valence-electron chi connectivity index (χ4n) is 3.04. The molecule has 1 fully saturated rings. The zero-order valence-electron chi connectivity index (χ0n) is 12.5. The van der Waals surface area contributed by atoms with Gasteiger partial charge in [0.2, 0.25) is 11.8 Å². The standard InChI is InChI=1S/C15H16ClN3O3S/c1-23-7-12(20)17-10-4-5-19-13(10)14(21)18-11-6-8(16)2-3-9(11)15(19)22/h2-3,6,10,13H,4-5,7H2,1H3,(H,17,20)(H,18,21)/t10-,13-/m0/s1. The van der Waals surface area contributed by atoms with Crippen LogP contribution in [0.25, 0.3) is 0 Å². The molecule has 0 unspecified atom stereocenters. The zero-order chi connectivity index (χ0) is 16.6. The summed E-state index contributed by atoms with van der Waals surface area (Å²) < 4.78 is 0. The molecule has 1 saturated heterocycles. The molecule has 0 aliphatic carbocycles. The highest BCUT2D eigenvalue weighted by Crippen LogP contribution is 2.30. The van der Waals surface area contributed by atoms with Gasteiger partial charge in [-0.15, -0.1) is 0 Å². The fourth-order valence-corrected chi connectivity index (χ4v) is 3.56. The lowest BCUT2D eigenvalue weighted by Gasteiger charge is -2.24. The van der Waals surface area contributed by atoms with Gasteiger partial charge >= 0.3 is 0 Å². The second-order valence-corrected chi connectivity index (χ2v) is 6.82. The highest BCUT2D eigenvalue weighted by Gasteiger charge is 2.45. The van der Waals surface area contributed by atoms with Crippen molar-refractivity contribution in [3.8, 4) is 0 Å². The number of anilines is 1. The van der Waals surface area contributed by atoms with Crippen LogP contribution in [0.5, 0.6) is 0 Å². The van der Waals surface area contributed by atoms with Crippen LogP contribution in [-0.4, -0.2) is 53.3 Å². The molecule has 1 aromatic rings. The number of fused-ring (bicyclic) bond motifs is 2. The van der Waals surface area contributed by atoms with Gasteiger partial charge in [0.05, 0.1) is 23.0 Å². The second-order valence-electron chi connectivity index (χ2n) is 5.52. The van der Waals surface area contributed by atoms with Crippen LogP contribution in [0.15, 0.2) is 18.2 Å². The Bertz CT molecular complexity index is 682. The predicted molar refractivity (Wildman–Crippen MR) is 89.8 cm³/mol. The van der Waals surface area contributed by atoms with Crippen LogP contribution in [-0.2, 0) is 9.59 Å². The first kappa shape index (κ1) is 16.1. The second kappa shape index (κ2) is 6.41. The van der Waals surface area contributed by atoms with E-state index in [1.807, 2.05) is 6.26 Å². The molecule has 122 valence electrons. The van der Waals surface area contributed by atoms with Crippen molar-refractivity contribution in [2.45, 2.75) is 18.5 Å². The minimum absolute atomic E-state index is 0.130. The minimum atomic E-state index is -0.695. The summed E-state index contributed by atoms with van der Waals surface area (Å²) in [7, 11) is 0. The third-order valence-electron chi connectivity index (χ3n) is 4.02. The van der Waals surface area contributed by atoms with Gasteiger partial charge in [0.25, 0.3) is 5.91 Å². The van der Waals surface area contributed by atoms with Crippen molar-refractivity contribution in [2.75, 3.05) is 23.9 Å². The van der Waals surface area contributed by atoms with Crippen molar-refractivity contribution in [1.82, 2.24) is 10.2 Å². The first-order chi connectivity index (χ1) is 11.0. The Morgan fingerprint density at radius 1 is 1.48 bits per heavy atom. The molecule has 2 heterocycles. The molecule has 0 saturated carbocycles. The van der Waals surface area contributed by atoms with E-state index < -0.39 is 6.04 Å². The summed E-state index contributed by atoms with van der Waals surface area (Å²) in [5, 5.41) is 6.06. The van der Waals surface area contributed by atoms with Gasteiger partial charge in [-0.25, -0.2) is 0 Å². The summed E-state index contributed by atoms with van der Waals surface area (Å²) in [5.41, 5.74) is 0.831. The number of hydrogen-bond donors (Lipinski definition) is 2. The summed E-state index contributed by atoms with van der Waals surface area (Å²) in [5.74, 6) is -0.323. The lowest BCUT2D eigenvalue weighted by Crippen LogP contribution is -2.51. The van der Waals surface area contributed by atoms with Crippen LogP contribution in [0.4, 0.5) is 5.69 Å². The number of hydrogen-bond acceptors (Lipinski definition) is 4. The lowest BCUT2D eigenvalue weighted by atomic mass is 10.1. The van der Waals surface area contributed by atoms with Crippen LogP contribution < -0.4 is 10.6 Å². The lowest BCUT2D eigenvalue weighted by molar-refractivity contribution is -0.122. The van der Waals surface area contributed by atoms with E-state index in [0.717, 1.165) is 0 Å². The zero-order valence-corrected chi connectivity index (χ0v) is 14.0. The van der Waals surface area contributed by atoms with Crippen molar-refractivity contribution in [1.29, 1.82) is 0 Å². The molecule has 0 bridgehead atoms. The smallest absolute Gasteiger partial charge is 0.256 e. The Labute approximate surface area is 142 Å². The van der Waals surface area contributed by atoms with Crippen molar-refractivity contribution in [2.24, 2.45) is 0 Å². The Morgan fingerprint density at radius 2 is 2.26 bits per heavy atom. The van der Waals surface area contributed by atoms with Crippen molar-refractivity contribution >= 4 is 46.8 Å². The van der Waals surface area contributed by atoms with E-state index in [1.54, 1.807) is 18.2 Å². The summed E-state index contributed by atoms with van der Waals surface area (Å²) in [4.78, 5) is 38.6. The van der Waals surface area contributed by atoms with Crippen molar-refractivity contribution in [3.63, 3.8) is 0 Å². The topological polar surface area (TPSA) is 78.5 Å². The first-order valence-electron chi connectivity index (χ1n) is 7.21. The van der Waals surface area contributed by atoms with Crippen molar-refractivity contribution < 1.29 is 14.4 Å². The van der Waals surface area contributed by atoms with E-state index >= 15 is 0 Å². The van der Waals surface area contributed by atoms with E-state index in [-0.39, 0.29) is 23.8 Å². The normalized spacial score (nSPS) is 23.0. The van der Waals surface area contributed by atoms with Gasteiger partial charge < -0.3 is 15.5 Å². The van der Waals surface area contributed by atoms with E-state index in [2.05, 4.69) is 10.6 Å². The van der Waals surface area contributed by atoms with Gasteiger partial charge in [-0.05, 0) is 30.9 Å². The quantitative estimate of drug-likeness (QED) is 0.860. The van der Waals surface area contributed by atoms with Crippen LogP contribution in [0, 0.1) is 0 Å². The summed E-state index contributed by atoms with van der Waals surface area (Å²) in [6.45, 7) is 0.434. The maximum atomic E-state index is 12.7. The van der Waals surface area contributed by atoms with E-state index in [4.69, 9.17) is 11.6 Å². The largest absolute Gasteiger partial charge is 0.350 e. The Kier molecular flexibility index (Phi) is 4.50. The first-order valence-corrected chi connectivity index (χ1v) is 8.98. The monoisotopic (exact) mass is 353 g/mol. The number of thioether (sulfide) groups is 1. The number of nitrogens with one attached hydrogen (secondary N) is 2. The molecule has 3 rings (SSSR count). The average molecular weight is 354 g/mol. The van der Waals surface area contributed by atoms with Gasteiger partial charge in [0.1, 0.15) is 6.04 Å². The van der Waals surface area contributed by atoms with E-state index in [9.17, 15) is 14.4 Å². The Morgan fingerprint density at radius 3 is 3.00 bits per heavy atom. The molecule has 3 amide bonds. The molecule has 2 N–H and O–H groups in total. The SMILES string of the molecule is CSCC(=O)N[C@H]1CCN2C(=O)c3ccc(Cl)cc3NC(=O)[C@H]12. The number of amides is 3. The maximum Gasteiger partial charge on any atom is 0.256 e. The molecule has 0 radical (unpaired) electrons. The third-order valence-corrected chi connectivity index (χ3v) is 4.81. The van der Waals surface area contributed by atoms with E-state index in [0.29, 0.717) is 35.0 Å². The molecule has 2 aliphatic rings. The van der Waals surface area contributed by atoms with Gasteiger partial charge in [0, 0.05) is 11.6 Å². The highest BCUT2D eigenvalue weighted by molar-refractivity contribution is 7.99. The molecule has 1 aromatic carbocycles. The van der Waals surface area contributed by atoms with Crippen LogP contribution in [0.3, 0.4) is 0 Å². The number of nitrogens with zero attached hydrogens (tertiary/aromatic N) is 1. The average Bonchev–Trinajstić information content (AvgIpc) is 2.86. The van der Waals surface area contributed by atoms with Gasteiger partial charge in [0.15, 0.2) is 0 Å².